The lowest BCUT2D eigenvalue weighted by Crippen LogP contribution is -2.41. The number of nitrogens with zero attached hydrogens (tertiary/aromatic N) is 2. The number of carbonyl (C=O) groups excluding carboxylic acids is 2. The van der Waals surface area contributed by atoms with E-state index in [2.05, 4.69) is 0 Å². The number of amides is 1. The predicted molar refractivity (Wildman–Crippen MR) is 119 cm³/mol. The van der Waals surface area contributed by atoms with Gasteiger partial charge in [-0.2, -0.15) is 0 Å². The maximum Gasteiger partial charge on any atom is 0.269 e. The number of nitro groups is 1. The fourth-order valence-corrected chi connectivity index (χ4v) is 4.00. The Balaban J connectivity index is 1.62. The second kappa shape index (κ2) is 8.36. The number of rotatable bonds is 7. The van der Waals surface area contributed by atoms with Crippen molar-refractivity contribution >= 4 is 23.1 Å². The van der Waals surface area contributed by atoms with Gasteiger partial charge in [0.15, 0.2) is 11.4 Å². The number of aliphatic hydroxyl groups is 1. The standard InChI is InChI=1S/C25H22N2O5/c1-2-17-7-11-19(12-8-17)23(28)15-25(30)21-5-3-4-6-22(21)26(24(25)29)16-18-9-13-20(14-10-18)27(31)32/h3-14,30H,2,15-16H2,1H3/t25-/m0/s1. The van der Waals surface area contributed by atoms with Crippen LogP contribution >= 0.6 is 0 Å². The van der Waals surface area contributed by atoms with Gasteiger partial charge in [-0.3, -0.25) is 19.7 Å². The highest BCUT2D eigenvalue weighted by atomic mass is 16.6. The molecule has 1 aliphatic rings. The monoisotopic (exact) mass is 430 g/mol. The molecule has 1 amide bonds. The minimum Gasteiger partial charge on any atom is -0.375 e. The van der Waals surface area contributed by atoms with Gasteiger partial charge < -0.3 is 10.0 Å². The molecule has 3 aromatic rings. The van der Waals surface area contributed by atoms with E-state index in [-0.39, 0.29) is 24.4 Å². The van der Waals surface area contributed by atoms with E-state index >= 15 is 0 Å². The molecule has 1 heterocycles. The SMILES string of the molecule is CCc1ccc(C(=O)C[C@@]2(O)C(=O)N(Cc3ccc([N+](=O)[O-])cc3)c3ccccc32)cc1. The number of Topliss-reactive ketones (excluding diaryl/α,β-unsaturated/α-hetero) is 1. The lowest BCUT2D eigenvalue weighted by molar-refractivity contribution is -0.384. The Bertz CT molecular complexity index is 1190. The fourth-order valence-electron chi connectivity index (χ4n) is 4.00. The Kier molecular flexibility index (Phi) is 5.59. The van der Waals surface area contributed by atoms with Gasteiger partial charge in [-0.1, -0.05) is 61.5 Å². The molecule has 0 aliphatic carbocycles. The highest BCUT2D eigenvalue weighted by Gasteiger charge is 2.50. The Labute approximate surface area is 185 Å². The number of ketones is 1. The van der Waals surface area contributed by atoms with Gasteiger partial charge in [-0.05, 0) is 23.6 Å². The van der Waals surface area contributed by atoms with Crippen molar-refractivity contribution in [3.05, 3.63) is 105 Å². The summed E-state index contributed by atoms with van der Waals surface area (Å²) in [5, 5.41) is 22.3. The van der Waals surface area contributed by atoms with Crippen molar-refractivity contribution < 1.29 is 19.6 Å². The van der Waals surface area contributed by atoms with E-state index in [1.165, 1.54) is 17.0 Å². The summed E-state index contributed by atoms with van der Waals surface area (Å²) in [5.41, 5.74) is 1.09. The lowest BCUT2D eigenvalue weighted by Gasteiger charge is -2.23. The van der Waals surface area contributed by atoms with Gasteiger partial charge in [0.25, 0.3) is 11.6 Å². The molecular formula is C25H22N2O5. The van der Waals surface area contributed by atoms with Gasteiger partial charge >= 0.3 is 0 Å². The van der Waals surface area contributed by atoms with Crippen LogP contribution in [0.5, 0.6) is 0 Å². The van der Waals surface area contributed by atoms with Gasteiger partial charge in [-0.25, -0.2) is 0 Å². The topological polar surface area (TPSA) is 101 Å². The average Bonchev–Trinajstić information content (AvgIpc) is 3.01. The number of para-hydroxylation sites is 1. The molecule has 1 aliphatic heterocycles. The molecule has 162 valence electrons. The van der Waals surface area contributed by atoms with Crippen molar-refractivity contribution in [2.45, 2.75) is 31.9 Å². The van der Waals surface area contributed by atoms with E-state index in [0.29, 0.717) is 22.4 Å². The van der Waals surface area contributed by atoms with E-state index in [9.17, 15) is 24.8 Å². The van der Waals surface area contributed by atoms with Crippen LogP contribution in [-0.4, -0.2) is 21.7 Å². The van der Waals surface area contributed by atoms with Crippen molar-refractivity contribution in [1.82, 2.24) is 0 Å². The summed E-state index contributed by atoms with van der Waals surface area (Å²) >= 11 is 0. The molecule has 1 N–H and O–H groups in total. The minimum absolute atomic E-state index is 0.0434. The van der Waals surface area contributed by atoms with Crippen molar-refractivity contribution in [2.75, 3.05) is 4.90 Å². The van der Waals surface area contributed by atoms with Crippen LogP contribution in [0.2, 0.25) is 0 Å². The molecule has 0 bridgehead atoms. The average molecular weight is 430 g/mol. The zero-order valence-electron chi connectivity index (χ0n) is 17.5. The molecule has 0 fully saturated rings. The third kappa shape index (κ3) is 3.78. The molecule has 7 nitrogen and oxygen atoms in total. The normalized spacial score (nSPS) is 17.3. The molecule has 3 aromatic carbocycles. The van der Waals surface area contributed by atoms with E-state index in [1.807, 2.05) is 19.1 Å². The first-order valence-electron chi connectivity index (χ1n) is 10.3. The molecule has 0 aromatic heterocycles. The third-order valence-corrected chi connectivity index (χ3v) is 5.83. The first-order chi connectivity index (χ1) is 15.3. The molecule has 0 saturated heterocycles. The Morgan fingerprint density at radius 3 is 2.25 bits per heavy atom. The Morgan fingerprint density at radius 2 is 1.62 bits per heavy atom. The first-order valence-corrected chi connectivity index (χ1v) is 10.3. The number of hydrogen-bond donors (Lipinski definition) is 1. The van der Waals surface area contributed by atoms with E-state index < -0.39 is 16.4 Å². The van der Waals surface area contributed by atoms with Crippen LogP contribution in [-0.2, 0) is 23.4 Å². The van der Waals surface area contributed by atoms with Crippen molar-refractivity contribution in [2.24, 2.45) is 0 Å². The highest BCUT2D eigenvalue weighted by molar-refractivity contribution is 6.10. The largest absolute Gasteiger partial charge is 0.375 e. The van der Waals surface area contributed by atoms with Crippen molar-refractivity contribution in [3.8, 4) is 0 Å². The van der Waals surface area contributed by atoms with Crippen LogP contribution in [0.1, 0.15) is 40.4 Å². The summed E-state index contributed by atoms with van der Waals surface area (Å²) in [4.78, 5) is 38.1. The summed E-state index contributed by atoms with van der Waals surface area (Å²) in [7, 11) is 0. The minimum atomic E-state index is -1.97. The zero-order chi connectivity index (χ0) is 22.9. The molecule has 32 heavy (non-hydrogen) atoms. The van der Waals surface area contributed by atoms with Crippen LogP contribution in [0.3, 0.4) is 0 Å². The number of benzene rings is 3. The first kappa shape index (κ1) is 21.4. The summed E-state index contributed by atoms with van der Waals surface area (Å²) in [6, 6.07) is 19.9. The van der Waals surface area contributed by atoms with E-state index in [4.69, 9.17) is 0 Å². The lowest BCUT2D eigenvalue weighted by atomic mass is 9.88. The molecule has 1 atom stereocenters. The van der Waals surface area contributed by atoms with Gasteiger partial charge in [0.2, 0.25) is 0 Å². The van der Waals surface area contributed by atoms with Crippen LogP contribution in [0.15, 0.2) is 72.8 Å². The second-order valence-corrected chi connectivity index (χ2v) is 7.84. The Hall–Kier alpha value is -3.84. The van der Waals surface area contributed by atoms with Crippen molar-refractivity contribution in [3.63, 3.8) is 0 Å². The smallest absolute Gasteiger partial charge is 0.269 e. The van der Waals surface area contributed by atoms with Crippen LogP contribution in [0, 0.1) is 10.1 Å². The van der Waals surface area contributed by atoms with E-state index in [1.54, 1.807) is 48.5 Å². The quantitative estimate of drug-likeness (QED) is 0.345. The molecule has 0 spiro atoms. The summed E-state index contributed by atoms with van der Waals surface area (Å²) in [5.74, 6) is -0.911. The van der Waals surface area contributed by atoms with Crippen LogP contribution in [0.25, 0.3) is 0 Å². The summed E-state index contributed by atoms with van der Waals surface area (Å²) in [6.45, 7) is 2.14. The number of hydrogen-bond acceptors (Lipinski definition) is 5. The molecule has 0 unspecified atom stereocenters. The molecule has 7 heteroatoms. The number of non-ortho nitro benzene ring substituents is 1. The molecular weight excluding hydrogens is 408 g/mol. The van der Waals surface area contributed by atoms with Gasteiger partial charge in [0, 0.05) is 23.3 Å². The summed E-state index contributed by atoms with van der Waals surface area (Å²) in [6.07, 6.45) is 0.479. The van der Waals surface area contributed by atoms with E-state index in [0.717, 1.165) is 12.0 Å². The number of nitro benzene ring substituents is 1. The van der Waals surface area contributed by atoms with Crippen LogP contribution < -0.4 is 4.90 Å². The Morgan fingerprint density at radius 1 is 1.00 bits per heavy atom. The maximum absolute atomic E-state index is 13.3. The fraction of sp³-hybridized carbons (Fsp3) is 0.200. The molecule has 0 radical (unpaired) electrons. The zero-order valence-corrected chi connectivity index (χ0v) is 17.5. The molecule has 0 saturated carbocycles. The number of aryl methyl sites for hydroxylation is 1. The summed E-state index contributed by atoms with van der Waals surface area (Å²) < 4.78 is 0. The number of carbonyl (C=O) groups is 2. The predicted octanol–water partition coefficient (Wildman–Crippen LogP) is 4.16. The second-order valence-electron chi connectivity index (χ2n) is 7.84. The number of fused-ring (bicyclic) bond motifs is 1. The van der Waals surface area contributed by atoms with Crippen LogP contribution in [0.4, 0.5) is 11.4 Å². The number of anilines is 1. The van der Waals surface area contributed by atoms with Gasteiger partial charge in [-0.15, -0.1) is 0 Å². The highest BCUT2D eigenvalue weighted by Crippen LogP contribution is 2.43. The van der Waals surface area contributed by atoms with Gasteiger partial charge in [0.05, 0.1) is 23.6 Å². The third-order valence-electron chi connectivity index (χ3n) is 5.83. The van der Waals surface area contributed by atoms with Gasteiger partial charge in [0.1, 0.15) is 0 Å². The molecule has 4 rings (SSSR count). The van der Waals surface area contributed by atoms with Crippen molar-refractivity contribution in [1.29, 1.82) is 0 Å². The maximum atomic E-state index is 13.3.